The highest BCUT2D eigenvalue weighted by molar-refractivity contribution is 7.89. The van der Waals surface area contributed by atoms with Gasteiger partial charge in [0.1, 0.15) is 5.75 Å². The van der Waals surface area contributed by atoms with E-state index >= 15 is 0 Å². The molecule has 2 fully saturated rings. The quantitative estimate of drug-likeness (QED) is 0.439. The Morgan fingerprint density at radius 2 is 1.95 bits per heavy atom. The van der Waals surface area contributed by atoms with Gasteiger partial charge in [-0.05, 0) is 62.6 Å². The highest BCUT2D eigenvalue weighted by Gasteiger charge is 2.30. The van der Waals surface area contributed by atoms with Crippen LogP contribution in [-0.4, -0.2) is 67.0 Å². The summed E-state index contributed by atoms with van der Waals surface area (Å²) in [5, 5.41) is 7.51. The number of likely N-dealkylation sites (tertiary alicyclic amines) is 1. The second kappa shape index (κ2) is 11.4. The summed E-state index contributed by atoms with van der Waals surface area (Å²) >= 11 is 6.25. The van der Waals surface area contributed by atoms with Crippen LogP contribution in [0.4, 0.5) is 5.69 Å². The van der Waals surface area contributed by atoms with Crippen molar-refractivity contribution in [3.05, 3.63) is 53.4 Å². The van der Waals surface area contributed by atoms with Crippen molar-refractivity contribution in [2.75, 3.05) is 38.6 Å². The van der Waals surface area contributed by atoms with Gasteiger partial charge in [0.05, 0.1) is 35.2 Å². The third kappa shape index (κ3) is 5.70. The number of nitrogens with one attached hydrogen (secondary N) is 1. The molecule has 12 heteroatoms. The van der Waals surface area contributed by atoms with Gasteiger partial charge in [-0.25, -0.2) is 8.42 Å². The van der Waals surface area contributed by atoms with Crippen LogP contribution in [0.3, 0.4) is 0 Å². The van der Waals surface area contributed by atoms with Crippen molar-refractivity contribution >= 4 is 33.2 Å². The third-order valence-corrected chi connectivity index (χ3v) is 9.17. The van der Waals surface area contributed by atoms with Crippen LogP contribution in [0, 0.1) is 5.92 Å². The maximum absolute atomic E-state index is 13.3. The van der Waals surface area contributed by atoms with E-state index in [1.165, 1.54) is 23.5 Å². The van der Waals surface area contributed by atoms with E-state index in [9.17, 15) is 13.2 Å². The lowest BCUT2D eigenvalue weighted by atomic mass is 9.97. The van der Waals surface area contributed by atoms with Crippen LogP contribution in [0.2, 0.25) is 5.02 Å². The minimum absolute atomic E-state index is 0.145. The molecule has 0 aliphatic carbocycles. The molecule has 2 aliphatic heterocycles. The molecule has 38 heavy (non-hydrogen) atoms. The summed E-state index contributed by atoms with van der Waals surface area (Å²) in [5.41, 5.74) is 1.04. The van der Waals surface area contributed by atoms with E-state index in [1.807, 2.05) is 18.2 Å². The molecule has 0 spiro atoms. The summed E-state index contributed by atoms with van der Waals surface area (Å²) in [6.45, 7) is 2.72. The first-order chi connectivity index (χ1) is 18.3. The Bertz CT molecular complexity index is 1410. The molecule has 1 amide bonds. The predicted octanol–water partition coefficient (Wildman–Crippen LogP) is 4.03. The molecule has 202 valence electrons. The summed E-state index contributed by atoms with van der Waals surface area (Å²) in [5.74, 6) is 0.795. The van der Waals surface area contributed by atoms with E-state index in [0.29, 0.717) is 66.3 Å². The van der Waals surface area contributed by atoms with Crippen molar-refractivity contribution < 1.29 is 22.5 Å². The number of methoxy groups -OCH3 is 1. The molecule has 0 radical (unpaired) electrons. The van der Waals surface area contributed by atoms with Crippen molar-refractivity contribution in [2.45, 2.75) is 37.1 Å². The second-order valence-electron chi connectivity index (χ2n) is 9.53. The number of nitrogens with zero attached hydrogens (tertiary/aromatic N) is 4. The van der Waals surface area contributed by atoms with E-state index in [0.717, 1.165) is 25.8 Å². The minimum atomic E-state index is -3.62. The lowest BCUT2D eigenvalue weighted by molar-refractivity contribution is -0.121. The highest BCUT2D eigenvalue weighted by Crippen LogP contribution is 2.31. The van der Waals surface area contributed by atoms with Crippen LogP contribution >= 0.6 is 11.6 Å². The first-order valence-corrected chi connectivity index (χ1v) is 14.5. The molecule has 2 aliphatic rings. The van der Waals surface area contributed by atoms with Crippen molar-refractivity contribution in [3.8, 4) is 17.1 Å². The number of ether oxygens (including phenoxy) is 1. The number of benzene rings is 2. The standard InChI is InChI=1S/C26H30ClN5O5S/c1-36-23-11-10-19(38(34,35)32-13-4-5-14-32)15-22(23)28-26(33)18-7-6-12-31(16-18)17-24-29-25(30-37-24)20-8-2-3-9-21(20)27/h2-3,8-11,15,18H,4-7,12-14,16-17H2,1H3,(H,28,33). The number of sulfonamides is 1. The number of anilines is 1. The minimum Gasteiger partial charge on any atom is -0.495 e. The number of rotatable bonds is 8. The van der Waals surface area contributed by atoms with Crippen LogP contribution in [0.1, 0.15) is 31.6 Å². The Morgan fingerprint density at radius 3 is 2.71 bits per heavy atom. The number of hydrogen-bond donors (Lipinski definition) is 1. The Hall–Kier alpha value is -2.99. The smallest absolute Gasteiger partial charge is 0.243 e. The van der Waals surface area contributed by atoms with Gasteiger partial charge >= 0.3 is 0 Å². The SMILES string of the molecule is COc1ccc(S(=O)(=O)N2CCCC2)cc1NC(=O)C1CCCN(Cc2nc(-c3ccccc3Cl)no2)C1. The third-order valence-electron chi connectivity index (χ3n) is 6.95. The molecule has 5 rings (SSSR count). The number of piperidine rings is 1. The zero-order valence-electron chi connectivity index (χ0n) is 21.1. The lowest BCUT2D eigenvalue weighted by Gasteiger charge is -2.31. The van der Waals surface area contributed by atoms with E-state index in [2.05, 4.69) is 20.4 Å². The van der Waals surface area contributed by atoms with Gasteiger partial charge < -0.3 is 14.6 Å². The van der Waals surface area contributed by atoms with E-state index < -0.39 is 10.0 Å². The highest BCUT2D eigenvalue weighted by atomic mass is 35.5. The first kappa shape index (κ1) is 26.6. The van der Waals surface area contributed by atoms with Gasteiger partial charge in [-0.15, -0.1) is 0 Å². The van der Waals surface area contributed by atoms with Crippen LogP contribution in [-0.2, 0) is 21.4 Å². The zero-order chi connectivity index (χ0) is 26.7. The Morgan fingerprint density at radius 1 is 1.16 bits per heavy atom. The van der Waals surface area contributed by atoms with E-state index in [1.54, 1.807) is 12.1 Å². The molecule has 2 saturated heterocycles. The van der Waals surface area contributed by atoms with Gasteiger partial charge in [0.2, 0.25) is 27.6 Å². The number of amides is 1. The molecule has 3 aromatic rings. The topological polar surface area (TPSA) is 118 Å². The maximum atomic E-state index is 13.3. The summed E-state index contributed by atoms with van der Waals surface area (Å²) in [4.78, 5) is 20.0. The Balaban J connectivity index is 1.26. The molecule has 1 aromatic heterocycles. The number of aromatic nitrogens is 2. The first-order valence-electron chi connectivity index (χ1n) is 12.6. The normalized spacial score (nSPS) is 18.9. The number of halogens is 1. The van der Waals surface area contributed by atoms with Crippen LogP contribution < -0.4 is 10.1 Å². The fourth-order valence-electron chi connectivity index (χ4n) is 4.93. The largest absolute Gasteiger partial charge is 0.495 e. The number of hydrogen-bond acceptors (Lipinski definition) is 8. The van der Waals surface area contributed by atoms with Crippen LogP contribution in [0.15, 0.2) is 51.9 Å². The molecule has 1 atom stereocenters. The molecule has 0 saturated carbocycles. The molecule has 2 aromatic carbocycles. The summed E-state index contributed by atoms with van der Waals surface area (Å²) < 4.78 is 38.4. The number of carbonyl (C=O) groups is 1. The monoisotopic (exact) mass is 559 g/mol. The average molecular weight is 560 g/mol. The van der Waals surface area contributed by atoms with Crippen molar-refractivity contribution in [2.24, 2.45) is 5.92 Å². The molecular weight excluding hydrogens is 530 g/mol. The van der Waals surface area contributed by atoms with Gasteiger partial charge in [-0.2, -0.15) is 9.29 Å². The van der Waals surface area contributed by atoms with Crippen molar-refractivity contribution in [3.63, 3.8) is 0 Å². The van der Waals surface area contributed by atoms with E-state index in [-0.39, 0.29) is 16.7 Å². The van der Waals surface area contributed by atoms with Gasteiger partial charge in [0.25, 0.3) is 0 Å². The second-order valence-corrected chi connectivity index (χ2v) is 11.9. The summed E-state index contributed by atoms with van der Waals surface area (Å²) in [7, 11) is -2.14. The zero-order valence-corrected chi connectivity index (χ0v) is 22.7. The summed E-state index contributed by atoms with van der Waals surface area (Å²) in [6.07, 6.45) is 3.24. The van der Waals surface area contributed by atoms with Gasteiger partial charge in [-0.1, -0.05) is 28.9 Å². The fraction of sp³-hybridized carbons (Fsp3) is 0.423. The molecule has 1 N–H and O–H groups in total. The van der Waals surface area contributed by atoms with Crippen molar-refractivity contribution in [1.29, 1.82) is 0 Å². The predicted molar refractivity (Wildman–Crippen MR) is 142 cm³/mol. The fourth-order valence-corrected chi connectivity index (χ4v) is 6.70. The average Bonchev–Trinajstić information content (AvgIpc) is 3.62. The molecule has 3 heterocycles. The number of carbonyl (C=O) groups excluding carboxylic acids is 1. The van der Waals surface area contributed by atoms with Gasteiger partial charge in [0, 0.05) is 25.2 Å². The van der Waals surface area contributed by atoms with Gasteiger partial charge in [0.15, 0.2) is 0 Å². The maximum Gasteiger partial charge on any atom is 0.243 e. The van der Waals surface area contributed by atoms with Gasteiger partial charge in [-0.3, -0.25) is 9.69 Å². The van der Waals surface area contributed by atoms with Crippen LogP contribution in [0.25, 0.3) is 11.4 Å². The Labute approximate surface area is 227 Å². The van der Waals surface area contributed by atoms with E-state index in [4.69, 9.17) is 20.9 Å². The van der Waals surface area contributed by atoms with Crippen molar-refractivity contribution in [1.82, 2.24) is 19.3 Å². The molecular formula is C26H30ClN5O5S. The Kier molecular flexibility index (Phi) is 7.98. The molecule has 10 nitrogen and oxygen atoms in total. The molecule has 1 unspecified atom stereocenters. The molecule has 0 bridgehead atoms. The lowest BCUT2D eigenvalue weighted by Crippen LogP contribution is -2.40. The summed E-state index contributed by atoms with van der Waals surface area (Å²) in [6, 6.07) is 11.9. The van der Waals surface area contributed by atoms with Crippen LogP contribution in [0.5, 0.6) is 5.75 Å².